The van der Waals surface area contributed by atoms with Crippen LogP contribution in [0, 0.1) is 0 Å². The molecule has 0 saturated carbocycles. The Kier molecular flexibility index (Phi) is 4.33. The molecule has 0 saturated heterocycles. The highest BCUT2D eigenvalue weighted by Gasteiger charge is 2.14. The molecule has 1 aromatic carbocycles. The van der Waals surface area contributed by atoms with E-state index in [2.05, 4.69) is 5.32 Å². The van der Waals surface area contributed by atoms with Gasteiger partial charge in [-0.1, -0.05) is 13.0 Å². The molecule has 0 aliphatic heterocycles. The fourth-order valence-electron chi connectivity index (χ4n) is 1.32. The van der Waals surface area contributed by atoms with Crippen LogP contribution in [-0.4, -0.2) is 26.2 Å². The number of nitrogens with two attached hydrogens (primary N) is 2. The summed E-state index contributed by atoms with van der Waals surface area (Å²) in [6, 6.07) is 4.51. The van der Waals surface area contributed by atoms with Crippen molar-refractivity contribution in [3.8, 4) is 0 Å². The molecular formula is C10H17N3O3S. The fourth-order valence-corrected chi connectivity index (χ4v) is 2.00. The number of nitrogen functional groups attached to an aromatic ring is 1. The molecule has 1 rings (SSSR count). The predicted octanol–water partition coefficient (Wildman–Crippen LogP) is 0.0990. The zero-order valence-corrected chi connectivity index (χ0v) is 10.4. The molecule has 1 atom stereocenters. The lowest BCUT2D eigenvalue weighted by atomic mass is 10.2. The molecule has 6 N–H and O–H groups in total. The zero-order chi connectivity index (χ0) is 13.1. The molecule has 0 spiro atoms. The summed E-state index contributed by atoms with van der Waals surface area (Å²) < 4.78 is 22.4. The number of para-hydroxylation sites is 1. The second-order valence-electron chi connectivity index (χ2n) is 3.71. The minimum absolute atomic E-state index is 0.0679. The molecule has 7 heteroatoms. The first-order valence-corrected chi connectivity index (χ1v) is 6.74. The van der Waals surface area contributed by atoms with Gasteiger partial charge >= 0.3 is 0 Å². The van der Waals surface area contributed by atoms with Crippen LogP contribution in [0.15, 0.2) is 23.1 Å². The third kappa shape index (κ3) is 3.58. The van der Waals surface area contributed by atoms with Crippen molar-refractivity contribution in [2.24, 2.45) is 5.14 Å². The summed E-state index contributed by atoms with van der Waals surface area (Å²) >= 11 is 0. The maximum Gasteiger partial charge on any atom is 0.240 e. The van der Waals surface area contributed by atoms with Gasteiger partial charge in [-0.2, -0.15) is 0 Å². The van der Waals surface area contributed by atoms with Gasteiger partial charge in [0, 0.05) is 6.54 Å². The Hall–Kier alpha value is -1.31. The van der Waals surface area contributed by atoms with Gasteiger partial charge in [-0.3, -0.25) is 0 Å². The van der Waals surface area contributed by atoms with Gasteiger partial charge in [0.2, 0.25) is 10.0 Å². The summed E-state index contributed by atoms with van der Waals surface area (Å²) in [5.41, 5.74) is 6.21. The van der Waals surface area contributed by atoms with E-state index in [1.807, 2.05) is 6.92 Å². The number of hydrogen-bond acceptors (Lipinski definition) is 5. The number of hydrogen-bond donors (Lipinski definition) is 4. The quantitative estimate of drug-likeness (QED) is 0.559. The maximum absolute atomic E-state index is 11.2. The smallest absolute Gasteiger partial charge is 0.240 e. The van der Waals surface area contributed by atoms with Gasteiger partial charge in [-0.15, -0.1) is 0 Å². The second-order valence-corrected chi connectivity index (χ2v) is 5.24. The Morgan fingerprint density at radius 1 is 1.47 bits per heavy atom. The highest BCUT2D eigenvalue weighted by atomic mass is 32.2. The average Bonchev–Trinajstić information content (AvgIpc) is 2.25. The Morgan fingerprint density at radius 2 is 2.12 bits per heavy atom. The van der Waals surface area contributed by atoms with Gasteiger partial charge in [-0.25, -0.2) is 13.6 Å². The van der Waals surface area contributed by atoms with E-state index in [0.717, 1.165) is 0 Å². The average molecular weight is 259 g/mol. The highest BCUT2D eigenvalue weighted by molar-refractivity contribution is 7.89. The number of aliphatic hydroxyl groups excluding tert-OH is 1. The van der Waals surface area contributed by atoms with Crippen molar-refractivity contribution in [3.05, 3.63) is 18.2 Å². The van der Waals surface area contributed by atoms with Crippen molar-refractivity contribution in [1.82, 2.24) is 0 Å². The molecule has 0 bridgehead atoms. The van der Waals surface area contributed by atoms with Gasteiger partial charge in [-0.05, 0) is 18.6 Å². The molecule has 0 radical (unpaired) electrons. The number of aliphatic hydroxyl groups is 1. The first kappa shape index (κ1) is 13.8. The van der Waals surface area contributed by atoms with Crippen molar-refractivity contribution in [3.63, 3.8) is 0 Å². The third-order valence-corrected chi connectivity index (χ3v) is 3.34. The van der Waals surface area contributed by atoms with E-state index in [0.29, 0.717) is 18.7 Å². The molecule has 0 aromatic heterocycles. The third-order valence-electron chi connectivity index (χ3n) is 2.37. The van der Waals surface area contributed by atoms with Crippen LogP contribution in [0.25, 0.3) is 0 Å². The van der Waals surface area contributed by atoms with Crippen molar-refractivity contribution < 1.29 is 13.5 Å². The van der Waals surface area contributed by atoms with Gasteiger partial charge in [0.1, 0.15) is 4.90 Å². The minimum atomic E-state index is -3.83. The summed E-state index contributed by atoms with van der Waals surface area (Å²) in [6.07, 6.45) is 0.0921. The van der Waals surface area contributed by atoms with Crippen molar-refractivity contribution in [1.29, 1.82) is 0 Å². The number of sulfonamides is 1. The van der Waals surface area contributed by atoms with Crippen molar-refractivity contribution >= 4 is 21.4 Å². The summed E-state index contributed by atoms with van der Waals surface area (Å²) in [6.45, 7) is 2.14. The van der Waals surface area contributed by atoms with Crippen LogP contribution in [-0.2, 0) is 10.0 Å². The molecule has 17 heavy (non-hydrogen) atoms. The molecule has 0 fully saturated rings. The molecule has 0 amide bonds. The molecule has 0 heterocycles. The van der Waals surface area contributed by atoms with Crippen molar-refractivity contribution in [2.45, 2.75) is 24.3 Å². The van der Waals surface area contributed by atoms with E-state index in [9.17, 15) is 13.5 Å². The lowest BCUT2D eigenvalue weighted by Crippen LogP contribution is -2.20. The minimum Gasteiger partial charge on any atom is -0.396 e. The first-order valence-electron chi connectivity index (χ1n) is 5.19. The number of primary sulfonamides is 1. The number of anilines is 2. The Labute approximate surface area is 101 Å². The molecule has 0 aliphatic carbocycles. The van der Waals surface area contributed by atoms with Crippen LogP contribution in [0.4, 0.5) is 11.4 Å². The van der Waals surface area contributed by atoms with Gasteiger partial charge in [0.05, 0.1) is 17.5 Å². The number of benzene rings is 1. The first-order chi connectivity index (χ1) is 7.86. The Bertz CT molecular complexity index is 488. The lowest BCUT2D eigenvalue weighted by molar-refractivity contribution is 0.183. The summed E-state index contributed by atoms with van der Waals surface area (Å²) in [5, 5.41) is 17.3. The number of rotatable bonds is 5. The Morgan fingerprint density at radius 3 is 2.65 bits per heavy atom. The van der Waals surface area contributed by atoms with Crippen LogP contribution in [0.5, 0.6) is 0 Å². The van der Waals surface area contributed by atoms with Crippen LogP contribution in [0.3, 0.4) is 0 Å². The lowest BCUT2D eigenvalue weighted by Gasteiger charge is -2.14. The van der Waals surface area contributed by atoms with E-state index in [1.165, 1.54) is 12.1 Å². The summed E-state index contributed by atoms with van der Waals surface area (Å²) in [4.78, 5) is -0.117. The molecule has 1 aromatic rings. The Balaban J connectivity index is 2.96. The molecule has 0 aliphatic rings. The highest BCUT2D eigenvalue weighted by Crippen LogP contribution is 2.25. The van der Waals surface area contributed by atoms with Gasteiger partial charge in [0.25, 0.3) is 0 Å². The largest absolute Gasteiger partial charge is 0.396 e. The molecular weight excluding hydrogens is 242 g/mol. The van der Waals surface area contributed by atoms with E-state index in [-0.39, 0.29) is 10.6 Å². The van der Waals surface area contributed by atoms with E-state index in [1.54, 1.807) is 6.07 Å². The van der Waals surface area contributed by atoms with Crippen molar-refractivity contribution in [2.75, 3.05) is 17.6 Å². The summed E-state index contributed by atoms with van der Waals surface area (Å²) in [5.74, 6) is 0. The predicted molar refractivity (Wildman–Crippen MR) is 67.0 cm³/mol. The van der Waals surface area contributed by atoms with E-state index < -0.39 is 16.1 Å². The fraction of sp³-hybridized carbons (Fsp3) is 0.400. The normalized spacial score (nSPS) is 13.4. The van der Waals surface area contributed by atoms with Crippen LogP contribution < -0.4 is 16.2 Å². The number of nitrogens with one attached hydrogen (secondary N) is 1. The standard InChI is InChI=1S/C10H17N3O3S/c1-2-7(14)6-13-8-4-3-5-9(10(8)11)17(12,15)16/h3-5,7,13-14H,2,6,11H2,1H3,(H2,12,15,16). The van der Waals surface area contributed by atoms with Crippen LogP contribution in [0.1, 0.15) is 13.3 Å². The van der Waals surface area contributed by atoms with Crippen LogP contribution in [0.2, 0.25) is 0 Å². The monoisotopic (exact) mass is 259 g/mol. The summed E-state index contributed by atoms with van der Waals surface area (Å²) in [7, 11) is -3.83. The van der Waals surface area contributed by atoms with Gasteiger partial charge < -0.3 is 16.2 Å². The molecule has 96 valence electrons. The van der Waals surface area contributed by atoms with Crippen LogP contribution >= 0.6 is 0 Å². The van der Waals surface area contributed by atoms with Gasteiger partial charge in [0.15, 0.2) is 0 Å². The van der Waals surface area contributed by atoms with E-state index >= 15 is 0 Å². The second kappa shape index (κ2) is 5.35. The topological polar surface area (TPSA) is 118 Å². The zero-order valence-electron chi connectivity index (χ0n) is 9.55. The molecule has 6 nitrogen and oxygen atoms in total. The SMILES string of the molecule is CCC(O)CNc1cccc(S(N)(=O)=O)c1N. The molecule has 1 unspecified atom stereocenters. The van der Waals surface area contributed by atoms with E-state index in [4.69, 9.17) is 10.9 Å². The maximum atomic E-state index is 11.2.